The summed E-state index contributed by atoms with van der Waals surface area (Å²) >= 11 is 1.36. The normalized spacial score (nSPS) is 11.1. The summed E-state index contributed by atoms with van der Waals surface area (Å²) in [5.74, 6) is 1.54. The van der Waals surface area contributed by atoms with Gasteiger partial charge in [-0.3, -0.25) is 4.79 Å². The number of hydrogen-bond acceptors (Lipinski definition) is 7. The molecular formula is C16H12N4O3S. The van der Waals surface area contributed by atoms with Gasteiger partial charge in [0.2, 0.25) is 5.82 Å². The van der Waals surface area contributed by atoms with Crippen LogP contribution in [0.4, 0.5) is 0 Å². The Kier molecular flexibility index (Phi) is 3.39. The molecule has 3 heterocycles. The number of ether oxygens (including phenoxy) is 1. The first-order valence-electron chi connectivity index (χ1n) is 7.12. The van der Waals surface area contributed by atoms with Gasteiger partial charge in [-0.25, -0.2) is 4.98 Å². The lowest BCUT2D eigenvalue weighted by Crippen LogP contribution is -2.05. The second-order valence-corrected chi connectivity index (χ2v) is 6.12. The van der Waals surface area contributed by atoms with Crippen molar-refractivity contribution in [2.24, 2.45) is 0 Å². The molecule has 8 heteroatoms. The molecule has 0 aliphatic carbocycles. The van der Waals surface area contributed by atoms with E-state index in [9.17, 15) is 4.79 Å². The molecule has 4 rings (SSSR count). The van der Waals surface area contributed by atoms with Crippen molar-refractivity contribution in [1.82, 2.24) is 20.1 Å². The molecule has 0 amide bonds. The van der Waals surface area contributed by atoms with Gasteiger partial charge < -0.3 is 14.2 Å². The number of methoxy groups -OCH3 is 1. The largest absolute Gasteiger partial charge is 0.497 e. The molecule has 24 heavy (non-hydrogen) atoms. The van der Waals surface area contributed by atoms with Crippen LogP contribution in [0.1, 0.15) is 5.56 Å². The van der Waals surface area contributed by atoms with Gasteiger partial charge in [0.05, 0.1) is 23.7 Å². The van der Waals surface area contributed by atoms with Gasteiger partial charge in [0.25, 0.3) is 11.4 Å². The molecule has 0 aliphatic heterocycles. The van der Waals surface area contributed by atoms with Crippen LogP contribution in [0.5, 0.6) is 5.75 Å². The highest BCUT2D eigenvalue weighted by Crippen LogP contribution is 2.35. The van der Waals surface area contributed by atoms with Crippen LogP contribution in [0.25, 0.3) is 32.4 Å². The van der Waals surface area contributed by atoms with Crippen LogP contribution < -0.4 is 10.3 Å². The van der Waals surface area contributed by atoms with Gasteiger partial charge in [-0.1, -0.05) is 17.3 Å². The van der Waals surface area contributed by atoms with Crippen molar-refractivity contribution in [2.75, 3.05) is 7.11 Å². The fourth-order valence-electron chi connectivity index (χ4n) is 2.48. The average Bonchev–Trinajstić information content (AvgIpc) is 3.20. The predicted molar refractivity (Wildman–Crippen MR) is 90.3 cm³/mol. The van der Waals surface area contributed by atoms with Crippen LogP contribution >= 0.6 is 11.3 Å². The van der Waals surface area contributed by atoms with E-state index in [2.05, 4.69) is 20.1 Å². The first-order valence-corrected chi connectivity index (χ1v) is 7.94. The zero-order valence-corrected chi connectivity index (χ0v) is 13.7. The molecule has 0 spiro atoms. The van der Waals surface area contributed by atoms with Gasteiger partial charge in [-0.2, -0.15) is 4.98 Å². The Bertz CT molecular complexity index is 1100. The highest BCUT2D eigenvalue weighted by Gasteiger charge is 2.19. The third kappa shape index (κ3) is 2.28. The number of fused-ring (bicyclic) bond motifs is 1. The van der Waals surface area contributed by atoms with Gasteiger partial charge in [-0.05, 0) is 24.6 Å². The number of hydrogen-bond donors (Lipinski definition) is 1. The van der Waals surface area contributed by atoms with E-state index in [-0.39, 0.29) is 5.56 Å². The average molecular weight is 340 g/mol. The van der Waals surface area contributed by atoms with E-state index in [0.717, 1.165) is 16.0 Å². The number of aryl methyl sites for hydroxylation is 1. The molecule has 0 fully saturated rings. The molecule has 7 nitrogen and oxygen atoms in total. The zero-order valence-electron chi connectivity index (χ0n) is 12.9. The second kappa shape index (κ2) is 5.57. The van der Waals surface area contributed by atoms with E-state index in [1.165, 1.54) is 17.7 Å². The Balaban J connectivity index is 1.82. The molecule has 0 saturated heterocycles. The monoisotopic (exact) mass is 340 g/mol. The summed E-state index contributed by atoms with van der Waals surface area (Å²) in [5.41, 5.74) is 1.40. The minimum atomic E-state index is -0.174. The van der Waals surface area contributed by atoms with E-state index < -0.39 is 0 Å². The molecule has 0 aliphatic rings. The molecule has 0 radical (unpaired) electrons. The fourth-order valence-corrected chi connectivity index (χ4v) is 3.55. The third-order valence-electron chi connectivity index (χ3n) is 3.68. The number of thiophene rings is 1. The molecule has 3 aromatic heterocycles. The maximum atomic E-state index is 12.0. The van der Waals surface area contributed by atoms with Gasteiger partial charge in [-0.15, -0.1) is 11.3 Å². The lowest BCUT2D eigenvalue weighted by Gasteiger charge is -1.99. The van der Waals surface area contributed by atoms with Crippen molar-refractivity contribution in [2.45, 2.75) is 6.92 Å². The van der Waals surface area contributed by atoms with Crippen molar-refractivity contribution in [3.05, 3.63) is 46.5 Å². The van der Waals surface area contributed by atoms with Crippen molar-refractivity contribution in [1.29, 1.82) is 0 Å². The maximum Gasteiger partial charge on any atom is 0.268 e. The third-order valence-corrected chi connectivity index (χ3v) is 4.87. The van der Waals surface area contributed by atoms with Crippen LogP contribution in [0.15, 0.2) is 39.9 Å². The number of H-pyrrole nitrogens is 1. The number of aromatic amines is 1. The lowest BCUT2D eigenvalue weighted by molar-refractivity contribution is 0.414. The van der Waals surface area contributed by atoms with Gasteiger partial charge in [0, 0.05) is 5.56 Å². The minimum absolute atomic E-state index is 0.174. The highest BCUT2D eigenvalue weighted by atomic mass is 32.1. The van der Waals surface area contributed by atoms with Crippen LogP contribution in [0.2, 0.25) is 0 Å². The Hall–Kier alpha value is -3.00. The van der Waals surface area contributed by atoms with Crippen molar-refractivity contribution in [3.63, 3.8) is 0 Å². The summed E-state index contributed by atoms with van der Waals surface area (Å²) in [6, 6.07) is 7.41. The van der Waals surface area contributed by atoms with Gasteiger partial charge in [0.1, 0.15) is 10.6 Å². The molecule has 0 bridgehead atoms. The zero-order chi connectivity index (χ0) is 16.7. The van der Waals surface area contributed by atoms with Gasteiger partial charge >= 0.3 is 0 Å². The minimum Gasteiger partial charge on any atom is -0.497 e. The van der Waals surface area contributed by atoms with Crippen molar-refractivity contribution >= 4 is 21.6 Å². The predicted octanol–water partition coefficient (Wildman–Crippen LogP) is 3.02. The van der Waals surface area contributed by atoms with Crippen molar-refractivity contribution < 1.29 is 9.26 Å². The van der Waals surface area contributed by atoms with E-state index in [4.69, 9.17) is 9.26 Å². The molecule has 0 saturated carbocycles. The second-order valence-electron chi connectivity index (χ2n) is 5.12. The Labute approximate surface area is 139 Å². The standard InChI is InChI=1S/C16H12N4O3S/c1-8-11-14(21)17-7-18-16(11)24-12(8)15-19-13(20-23-15)9-4-3-5-10(6-9)22-2/h3-7H,1-2H3,(H,17,18,21). The van der Waals surface area contributed by atoms with E-state index >= 15 is 0 Å². The molecule has 4 aromatic rings. The summed E-state index contributed by atoms with van der Waals surface area (Å²) in [7, 11) is 1.60. The van der Waals surface area contributed by atoms with E-state index in [1.807, 2.05) is 31.2 Å². The Morgan fingerprint density at radius 3 is 3.00 bits per heavy atom. The van der Waals surface area contributed by atoms with Gasteiger partial charge in [0.15, 0.2) is 0 Å². The van der Waals surface area contributed by atoms with Crippen LogP contribution in [-0.4, -0.2) is 27.2 Å². The van der Waals surface area contributed by atoms with Crippen molar-refractivity contribution in [3.8, 4) is 27.9 Å². The summed E-state index contributed by atoms with van der Waals surface area (Å²) in [6.45, 7) is 1.85. The molecule has 0 unspecified atom stereocenters. The smallest absolute Gasteiger partial charge is 0.268 e. The topological polar surface area (TPSA) is 93.9 Å². The summed E-state index contributed by atoms with van der Waals surface area (Å²) < 4.78 is 10.6. The van der Waals surface area contributed by atoms with E-state index in [1.54, 1.807) is 7.11 Å². The molecular weight excluding hydrogens is 328 g/mol. The van der Waals surface area contributed by atoms with E-state index in [0.29, 0.717) is 27.7 Å². The lowest BCUT2D eigenvalue weighted by atomic mass is 10.2. The fraction of sp³-hybridized carbons (Fsp3) is 0.125. The maximum absolute atomic E-state index is 12.0. The molecule has 0 atom stereocenters. The quantitative estimate of drug-likeness (QED) is 0.616. The molecule has 120 valence electrons. The number of aromatic nitrogens is 4. The molecule has 1 N–H and O–H groups in total. The summed E-state index contributed by atoms with van der Waals surface area (Å²) in [6.07, 6.45) is 1.39. The van der Waals surface area contributed by atoms with Crippen LogP contribution in [0, 0.1) is 6.92 Å². The first-order chi connectivity index (χ1) is 11.7. The Morgan fingerprint density at radius 2 is 2.21 bits per heavy atom. The number of rotatable bonds is 3. The summed E-state index contributed by atoms with van der Waals surface area (Å²) in [4.78, 5) is 24.6. The summed E-state index contributed by atoms with van der Waals surface area (Å²) in [5, 5.41) is 4.58. The number of nitrogens with one attached hydrogen (secondary N) is 1. The SMILES string of the molecule is COc1cccc(-c2noc(-c3sc4nc[nH]c(=O)c4c3C)n2)c1. The van der Waals surface area contributed by atoms with Crippen LogP contribution in [-0.2, 0) is 0 Å². The Morgan fingerprint density at radius 1 is 1.33 bits per heavy atom. The highest BCUT2D eigenvalue weighted by molar-refractivity contribution is 7.22. The number of nitrogens with zero attached hydrogens (tertiary/aromatic N) is 3. The van der Waals surface area contributed by atoms with Crippen LogP contribution in [0.3, 0.4) is 0 Å². The first kappa shape index (κ1) is 14.6. The molecule has 1 aromatic carbocycles. The number of benzene rings is 1.